The van der Waals surface area contributed by atoms with Gasteiger partial charge in [-0.2, -0.15) is 0 Å². The Kier molecular flexibility index (Phi) is 10.3. The minimum atomic E-state index is -0.336. The zero-order valence-corrected chi connectivity index (χ0v) is 9.97. The van der Waals surface area contributed by atoms with Gasteiger partial charge in [-0.1, -0.05) is 6.58 Å². The van der Waals surface area contributed by atoms with Crippen LogP contribution in [0.3, 0.4) is 0 Å². The first-order valence-electron chi connectivity index (χ1n) is 4.53. The van der Waals surface area contributed by atoms with Crippen molar-refractivity contribution in [2.45, 2.75) is 25.8 Å². The summed E-state index contributed by atoms with van der Waals surface area (Å²) in [6.07, 6.45) is 3.13. The van der Waals surface area contributed by atoms with E-state index in [4.69, 9.17) is 4.74 Å². The Balaban J connectivity index is 0. The molecule has 0 fully saturated rings. The maximum atomic E-state index is 10.6. The van der Waals surface area contributed by atoms with Crippen molar-refractivity contribution >= 4 is 18.4 Å². The van der Waals surface area contributed by atoms with E-state index in [1.165, 1.54) is 6.08 Å². The fourth-order valence-corrected chi connectivity index (χ4v) is 0.869. The van der Waals surface area contributed by atoms with Crippen LogP contribution >= 0.6 is 12.4 Å². The van der Waals surface area contributed by atoms with Gasteiger partial charge in [-0.05, 0) is 33.9 Å². The minimum Gasteiger partial charge on any atom is -0.463 e. The second kappa shape index (κ2) is 9.03. The summed E-state index contributed by atoms with van der Waals surface area (Å²) in [5.74, 6) is -0.336. The van der Waals surface area contributed by atoms with Crippen molar-refractivity contribution in [3.63, 3.8) is 0 Å². The molecule has 84 valence electrons. The van der Waals surface area contributed by atoms with Gasteiger partial charge < -0.3 is 9.64 Å². The molecule has 0 aliphatic heterocycles. The molecule has 0 spiro atoms. The number of halogens is 1. The van der Waals surface area contributed by atoms with E-state index in [2.05, 4.69) is 18.4 Å². The summed E-state index contributed by atoms with van der Waals surface area (Å²) in [5, 5.41) is 0. The lowest BCUT2D eigenvalue weighted by atomic mass is 10.2. The predicted molar refractivity (Wildman–Crippen MR) is 60.8 cm³/mol. The molecule has 1 atom stereocenters. The molecule has 0 radical (unpaired) electrons. The SMILES string of the molecule is C=CC(=O)OCCCC(C)N(C)C.Cl. The first-order valence-corrected chi connectivity index (χ1v) is 4.53. The number of rotatable bonds is 6. The molecule has 0 aromatic rings. The van der Waals surface area contributed by atoms with Crippen LogP contribution in [-0.2, 0) is 9.53 Å². The molecule has 0 amide bonds. The Morgan fingerprint density at radius 1 is 1.57 bits per heavy atom. The van der Waals surface area contributed by atoms with E-state index in [0.717, 1.165) is 12.8 Å². The summed E-state index contributed by atoms with van der Waals surface area (Å²) < 4.78 is 4.85. The Morgan fingerprint density at radius 2 is 2.14 bits per heavy atom. The summed E-state index contributed by atoms with van der Waals surface area (Å²) in [6.45, 7) is 5.96. The lowest BCUT2D eigenvalue weighted by Crippen LogP contribution is -2.24. The number of ether oxygens (including phenoxy) is 1. The molecule has 0 bridgehead atoms. The van der Waals surface area contributed by atoms with E-state index in [0.29, 0.717) is 12.6 Å². The monoisotopic (exact) mass is 221 g/mol. The Hall–Kier alpha value is -0.540. The van der Waals surface area contributed by atoms with Gasteiger partial charge in [-0.3, -0.25) is 0 Å². The topological polar surface area (TPSA) is 29.5 Å². The highest BCUT2D eigenvalue weighted by atomic mass is 35.5. The average molecular weight is 222 g/mol. The zero-order chi connectivity index (χ0) is 10.3. The maximum Gasteiger partial charge on any atom is 0.330 e. The zero-order valence-electron chi connectivity index (χ0n) is 9.16. The van der Waals surface area contributed by atoms with Gasteiger partial charge in [0.1, 0.15) is 0 Å². The highest BCUT2D eigenvalue weighted by Gasteiger charge is 2.03. The van der Waals surface area contributed by atoms with Crippen LogP contribution in [0.1, 0.15) is 19.8 Å². The Bertz CT molecular complexity index is 172. The molecule has 0 N–H and O–H groups in total. The first-order chi connectivity index (χ1) is 6.07. The largest absolute Gasteiger partial charge is 0.463 e. The van der Waals surface area contributed by atoms with Crippen molar-refractivity contribution in [2.24, 2.45) is 0 Å². The minimum absolute atomic E-state index is 0. The number of nitrogens with zero attached hydrogens (tertiary/aromatic N) is 1. The van der Waals surface area contributed by atoms with Crippen LogP contribution in [0.4, 0.5) is 0 Å². The van der Waals surface area contributed by atoms with Gasteiger partial charge >= 0.3 is 5.97 Å². The molecular formula is C10H20ClNO2. The van der Waals surface area contributed by atoms with Crippen molar-refractivity contribution in [3.05, 3.63) is 12.7 Å². The van der Waals surface area contributed by atoms with E-state index in [9.17, 15) is 4.79 Å². The third-order valence-corrected chi connectivity index (χ3v) is 2.06. The van der Waals surface area contributed by atoms with E-state index in [-0.39, 0.29) is 18.4 Å². The van der Waals surface area contributed by atoms with Crippen molar-refractivity contribution in [3.8, 4) is 0 Å². The quantitative estimate of drug-likeness (QED) is 0.390. The molecule has 14 heavy (non-hydrogen) atoms. The van der Waals surface area contributed by atoms with Crippen molar-refractivity contribution in [2.75, 3.05) is 20.7 Å². The van der Waals surface area contributed by atoms with E-state index >= 15 is 0 Å². The van der Waals surface area contributed by atoms with Crippen LogP contribution in [0.15, 0.2) is 12.7 Å². The number of carbonyl (C=O) groups is 1. The van der Waals surface area contributed by atoms with E-state index in [1.807, 2.05) is 14.1 Å². The second-order valence-electron chi connectivity index (χ2n) is 3.33. The van der Waals surface area contributed by atoms with Gasteiger partial charge in [-0.25, -0.2) is 4.79 Å². The molecule has 0 aromatic carbocycles. The molecule has 3 nitrogen and oxygen atoms in total. The molecular weight excluding hydrogens is 202 g/mol. The molecule has 0 rings (SSSR count). The molecule has 4 heteroatoms. The molecule has 0 heterocycles. The van der Waals surface area contributed by atoms with Crippen LogP contribution in [0.25, 0.3) is 0 Å². The number of carbonyl (C=O) groups excluding carboxylic acids is 1. The Morgan fingerprint density at radius 3 is 2.57 bits per heavy atom. The molecule has 0 aliphatic carbocycles. The molecule has 0 saturated carbocycles. The highest BCUT2D eigenvalue weighted by molar-refractivity contribution is 5.85. The standard InChI is InChI=1S/C10H19NO2.ClH/c1-5-10(12)13-8-6-7-9(2)11(3)4;/h5,9H,1,6-8H2,2-4H3;1H. The summed E-state index contributed by atoms with van der Waals surface area (Å²) >= 11 is 0. The fourth-order valence-electron chi connectivity index (χ4n) is 0.869. The predicted octanol–water partition coefficient (Wildman–Crippen LogP) is 1.87. The van der Waals surface area contributed by atoms with Gasteiger partial charge in [0.05, 0.1) is 6.61 Å². The fraction of sp³-hybridized carbons (Fsp3) is 0.700. The smallest absolute Gasteiger partial charge is 0.330 e. The number of hydrogen-bond acceptors (Lipinski definition) is 3. The lowest BCUT2D eigenvalue weighted by Gasteiger charge is -2.19. The van der Waals surface area contributed by atoms with Crippen LogP contribution in [0.2, 0.25) is 0 Å². The van der Waals surface area contributed by atoms with Crippen LogP contribution in [0.5, 0.6) is 0 Å². The molecule has 0 aromatic heterocycles. The maximum absolute atomic E-state index is 10.6. The van der Waals surface area contributed by atoms with Crippen molar-refractivity contribution < 1.29 is 9.53 Å². The van der Waals surface area contributed by atoms with Crippen LogP contribution in [0, 0.1) is 0 Å². The highest BCUT2D eigenvalue weighted by Crippen LogP contribution is 2.02. The normalized spacial score (nSPS) is 11.7. The second-order valence-corrected chi connectivity index (χ2v) is 3.33. The van der Waals surface area contributed by atoms with Gasteiger partial charge in [0, 0.05) is 12.1 Å². The van der Waals surface area contributed by atoms with E-state index in [1.54, 1.807) is 0 Å². The summed E-state index contributed by atoms with van der Waals surface area (Å²) in [7, 11) is 4.08. The van der Waals surface area contributed by atoms with Gasteiger partial charge in [0.25, 0.3) is 0 Å². The Labute approximate surface area is 92.5 Å². The average Bonchev–Trinajstić information content (AvgIpc) is 2.11. The molecule has 0 aliphatic rings. The third-order valence-electron chi connectivity index (χ3n) is 2.06. The number of esters is 1. The van der Waals surface area contributed by atoms with Gasteiger partial charge in [0.2, 0.25) is 0 Å². The third kappa shape index (κ3) is 8.08. The van der Waals surface area contributed by atoms with Crippen LogP contribution in [-0.4, -0.2) is 37.6 Å². The molecule has 0 saturated heterocycles. The molecule has 1 unspecified atom stereocenters. The van der Waals surface area contributed by atoms with E-state index < -0.39 is 0 Å². The summed E-state index contributed by atoms with van der Waals surface area (Å²) in [5.41, 5.74) is 0. The van der Waals surface area contributed by atoms with Crippen LogP contribution < -0.4 is 0 Å². The van der Waals surface area contributed by atoms with Gasteiger partial charge in [0.15, 0.2) is 0 Å². The van der Waals surface area contributed by atoms with Crippen molar-refractivity contribution in [1.82, 2.24) is 4.90 Å². The summed E-state index contributed by atoms with van der Waals surface area (Å²) in [4.78, 5) is 12.8. The lowest BCUT2D eigenvalue weighted by molar-refractivity contribution is -0.137. The summed E-state index contributed by atoms with van der Waals surface area (Å²) in [6, 6.07) is 0.530. The number of hydrogen-bond donors (Lipinski definition) is 0. The first kappa shape index (κ1) is 15.9. The van der Waals surface area contributed by atoms with Gasteiger partial charge in [-0.15, -0.1) is 12.4 Å². The van der Waals surface area contributed by atoms with Crippen molar-refractivity contribution in [1.29, 1.82) is 0 Å².